The molecule has 5 heteroatoms. The van der Waals surface area contributed by atoms with Crippen molar-refractivity contribution in [2.75, 3.05) is 6.61 Å². The molecule has 1 aromatic heterocycles. The molecule has 80 valence electrons. The van der Waals surface area contributed by atoms with Crippen LogP contribution in [0.25, 0.3) is 0 Å². The number of nitrogens with zero attached hydrogens (tertiary/aromatic N) is 1. The molecular formula is C10H12N2O3. The third-order valence-electron chi connectivity index (χ3n) is 1.99. The topological polar surface area (TPSA) is 75.1 Å². The predicted molar refractivity (Wildman–Crippen MR) is 55.7 cm³/mol. The normalized spacial score (nSPS) is 9.67. The second kappa shape index (κ2) is 5.14. The van der Waals surface area contributed by atoms with Gasteiger partial charge in [-0.25, -0.2) is 4.79 Å². The highest BCUT2D eigenvalue weighted by Gasteiger charge is 1.98. The third-order valence-corrected chi connectivity index (χ3v) is 1.99. The highest BCUT2D eigenvalue weighted by atomic mass is 16.3. The van der Waals surface area contributed by atoms with Gasteiger partial charge in [0.15, 0.2) is 0 Å². The van der Waals surface area contributed by atoms with Gasteiger partial charge in [-0.15, -0.1) is 5.73 Å². The Labute approximate surface area is 86.0 Å². The van der Waals surface area contributed by atoms with E-state index in [1.54, 1.807) is 0 Å². The molecule has 0 spiro atoms. The Bertz CT molecular complexity index is 492. The number of aryl methyl sites for hydroxylation is 1. The van der Waals surface area contributed by atoms with Gasteiger partial charge in [0.2, 0.25) is 0 Å². The van der Waals surface area contributed by atoms with Gasteiger partial charge in [0.05, 0.1) is 6.61 Å². The first-order chi connectivity index (χ1) is 7.17. The van der Waals surface area contributed by atoms with Crippen LogP contribution in [0.4, 0.5) is 0 Å². The van der Waals surface area contributed by atoms with E-state index in [1.807, 2.05) is 0 Å². The van der Waals surface area contributed by atoms with Crippen molar-refractivity contribution < 1.29 is 5.11 Å². The van der Waals surface area contributed by atoms with Gasteiger partial charge in [-0.1, -0.05) is 6.58 Å². The maximum absolute atomic E-state index is 11.2. The molecule has 0 atom stereocenters. The highest BCUT2D eigenvalue weighted by molar-refractivity contribution is 4.98. The number of rotatable bonds is 4. The number of aliphatic hydroxyl groups is 1. The van der Waals surface area contributed by atoms with Crippen LogP contribution in [-0.2, 0) is 6.54 Å². The van der Waals surface area contributed by atoms with Crippen molar-refractivity contribution in [2.45, 2.75) is 13.0 Å². The minimum absolute atomic E-state index is 0.123. The van der Waals surface area contributed by atoms with Crippen molar-refractivity contribution in [3.8, 4) is 0 Å². The van der Waals surface area contributed by atoms with Crippen LogP contribution in [-0.4, -0.2) is 21.3 Å². The van der Waals surface area contributed by atoms with Gasteiger partial charge in [-0.3, -0.25) is 9.78 Å². The zero-order valence-corrected chi connectivity index (χ0v) is 8.19. The minimum atomic E-state index is -0.455. The maximum atomic E-state index is 11.2. The monoisotopic (exact) mass is 208 g/mol. The first-order valence-electron chi connectivity index (χ1n) is 4.46. The van der Waals surface area contributed by atoms with E-state index in [0.717, 1.165) is 0 Å². The fourth-order valence-corrected chi connectivity index (χ4v) is 1.10. The third kappa shape index (κ3) is 3.09. The van der Waals surface area contributed by atoms with Crippen molar-refractivity contribution in [1.29, 1.82) is 0 Å². The Morgan fingerprint density at radius 1 is 1.60 bits per heavy atom. The van der Waals surface area contributed by atoms with Gasteiger partial charge in [0.1, 0.15) is 0 Å². The summed E-state index contributed by atoms with van der Waals surface area (Å²) in [5, 5.41) is 8.83. The average molecular weight is 208 g/mol. The summed E-state index contributed by atoms with van der Waals surface area (Å²) in [5.41, 5.74) is 2.34. The van der Waals surface area contributed by atoms with Crippen molar-refractivity contribution >= 4 is 0 Å². The van der Waals surface area contributed by atoms with Crippen molar-refractivity contribution in [1.82, 2.24) is 9.55 Å². The first-order valence-corrected chi connectivity index (χ1v) is 4.46. The molecule has 0 aliphatic rings. The van der Waals surface area contributed by atoms with Gasteiger partial charge in [-0.05, 0) is 12.0 Å². The molecule has 0 aromatic carbocycles. The molecular weight excluding hydrogens is 196 g/mol. The summed E-state index contributed by atoms with van der Waals surface area (Å²) >= 11 is 0. The molecule has 0 amide bonds. The lowest BCUT2D eigenvalue weighted by molar-refractivity contribution is 0.325. The molecule has 0 saturated carbocycles. The van der Waals surface area contributed by atoms with Crippen LogP contribution in [0, 0.1) is 0 Å². The van der Waals surface area contributed by atoms with Crippen LogP contribution >= 0.6 is 0 Å². The largest absolute Gasteiger partial charge is 0.391 e. The van der Waals surface area contributed by atoms with E-state index in [4.69, 9.17) is 5.11 Å². The molecule has 0 radical (unpaired) electrons. The predicted octanol–water partition coefficient (Wildman–Crippen LogP) is -0.370. The van der Waals surface area contributed by atoms with Crippen LogP contribution in [0.1, 0.15) is 6.42 Å². The summed E-state index contributed by atoms with van der Waals surface area (Å²) in [5.74, 6) is 0. The van der Waals surface area contributed by atoms with Crippen LogP contribution in [0.15, 0.2) is 39.7 Å². The van der Waals surface area contributed by atoms with E-state index in [2.05, 4.69) is 17.3 Å². The molecule has 0 aliphatic carbocycles. The van der Waals surface area contributed by atoms with Crippen LogP contribution in [0.3, 0.4) is 0 Å². The average Bonchev–Trinajstić information content (AvgIpc) is 2.22. The SMILES string of the molecule is C=C=C(CO)CCn1ccc(=O)[nH]c1=O. The molecule has 0 bridgehead atoms. The van der Waals surface area contributed by atoms with Crippen molar-refractivity contribution in [2.24, 2.45) is 0 Å². The number of aromatic nitrogens is 2. The molecule has 0 unspecified atom stereocenters. The van der Waals surface area contributed by atoms with E-state index in [9.17, 15) is 9.59 Å². The summed E-state index contributed by atoms with van der Waals surface area (Å²) in [4.78, 5) is 24.1. The summed E-state index contributed by atoms with van der Waals surface area (Å²) in [6.45, 7) is 3.67. The molecule has 0 aliphatic heterocycles. The lowest BCUT2D eigenvalue weighted by Gasteiger charge is -2.04. The lowest BCUT2D eigenvalue weighted by Crippen LogP contribution is -2.28. The van der Waals surface area contributed by atoms with Crippen molar-refractivity contribution in [3.63, 3.8) is 0 Å². The Balaban J connectivity index is 2.78. The van der Waals surface area contributed by atoms with Crippen molar-refractivity contribution in [3.05, 3.63) is 51.0 Å². The second-order valence-electron chi connectivity index (χ2n) is 2.99. The van der Waals surface area contributed by atoms with Crippen LogP contribution in [0.5, 0.6) is 0 Å². The Kier molecular flexibility index (Phi) is 3.85. The molecule has 15 heavy (non-hydrogen) atoms. The lowest BCUT2D eigenvalue weighted by atomic mass is 10.2. The summed E-state index contributed by atoms with van der Waals surface area (Å²) in [7, 11) is 0. The fourth-order valence-electron chi connectivity index (χ4n) is 1.10. The number of aromatic amines is 1. The standard InChI is InChI=1S/C10H12N2O3/c1-2-8(7-13)3-5-12-6-4-9(14)11-10(12)15/h4,6,13H,1,3,5,7H2,(H,11,14,15). The second-order valence-corrected chi connectivity index (χ2v) is 2.99. The number of hydrogen-bond acceptors (Lipinski definition) is 3. The van der Waals surface area contributed by atoms with Gasteiger partial charge >= 0.3 is 5.69 Å². The first kappa shape index (κ1) is 11.2. The van der Waals surface area contributed by atoms with E-state index in [1.165, 1.54) is 16.8 Å². The molecule has 1 aromatic rings. The molecule has 5 nitrogen and oxygen atoms in total. The Morgan fingerprint density at radius 2 is 2.33 bits per heavy atom. The van der Waals surface area contributed by atoms with Crippen LogP contribution < -0.4 is 11.2 Å². The fraction of sp³-hybridized carbons (Fsp3) is 0.300. The zero-order chi connectivity index (χ0) is 11.3. The molecule has 1 rings (SSSR count). The molecule has 0 saturated heterocycles. The van der Waals surface area contributed by atoms with Gasteiger partial charge < -0.3 is 9.67 Å². The van der Waals surface area contributed by atoms with Gasteiger partial charge in [0, 0.05) is 18.8 Å². The number of nitrogens with one attached hydrogen (secondary N) is 1. The highest BCUT2D eigenvalue weighted by Crippen LogP contribution is 1.98. The number of hydrogen-bond donors (Lipinski definition) is 2. The minimum Gasteiger partial charge on any atom is -0.391 e. The number of H-pyrrole nitrogens is 1. The summed E-state index contributed by atoms with van der Waals surface area (Å²) < 4.78 is 1.36. The van der Waals surface area contributed by atoms with Crippen LogP contribution in [0.2, 0.25) is 0 Å². The number of aliphatic hydroxyl groups excluding tert-OH is 1. The van der Waals surface area contributed by atoms with E-state index < -0.39 is 11.2 Å². The molecule has 0 fully saturated rings. The molecule has 2 N–H and O–H groups in total. The summed E-state index contributed by atoms with van der Waals surface area (Å²) in [6.07, 6.45) is 1.89. The zero-order valence-electron chi connectivity index (χ0n) is 8.19. The smallest absolute Gasteiger partial charge is 0.328 e. The van der Waals surface area contributed by atoms with Gasteiger partial charge in [0.25, 0.3) is 5.56 Å². The summed E-state index contributed by atoms with van der Waals surface area (Å²) in [6, 6.07) is 1.28. The Hall–Kier alpha value is -1.84. The van der Waals surface area contributed by atoms with Gasteiger partial charge in [-0.2, -0.15) is 0 Å². The Morgan fingerprint density at radius 3 is 2.87 bits per heavy atom. The maximum Gasteiger partial charge on any atom is 0.328 e. The van der Waals surface area contributed by atoms with E-state index in [-0.39, 0.29) is 6.61 Å². The molecule has 1 heterocycles. The van der Waals surface area contributed by atoms with E-state index in [0.29, 0.717) is 18.5 Å². The van der Waals surface area contributed by atoms with E-state index >= 15 is 0 Å². The quantitative estimate of drug-likeness (QED) is 0.663.